The summed E-state index contributed by atoms with van der Waals surface area (Å²) >= 11 is 0. The third kappa shape index (κ3) is 4.60. The van der Waals surface area contributed by atoms with Crippen LogP contribution in [0.4, 0.5) is 17.1 Å². The van der Waals surface area contributed by atoms with E-state index >= 15 is 0 Å². The monoisotopic (exact) mass is 661 g/mol. The standard InChI is InChI=1S/C50H47N/c1-33-27-39-29-38-30-40(28-33)50(39)47-20-11-10-19-46(47)49(2,3)45-26-25-43(32-44(45)48(38)50)51(41-23-21-36(22-24-41)34-13-6-4-7-14-34)42-18-12-17-37(31-42)35-15-8-5-9-16-35/h4-26,31-33,38-40,48H,27-30H2,1-3H3/t33?,38?,39-,40-,48?,50?/m0/s1. The molecule has 4 aliphatic carbocycles. The molecule has 0 amide bonds. The Morgan fingerprint density at radius 2 is 1.02 bits per heavy atom. The highest BCUT2D eigenvalue weighted by atomic mass is 15.1. The lowest BCUT2D eigenvalue weighted by Crippen LogP contribution is -2.46. The van der Waals surface area contributed by atoms with Crippen molar-refractivity contribution in [3.8, 4) is 22.3 Å². The molecule has 0 radical (unpaired) electrons. The molecule has 51 heavy (non-hydrogen) atoms. The summed E-state index contributed by atoms with van der Waals surface area (Å²) in [5.74, 6) is 3.68. The Kier molecular flexibility index (Phi) is 7.01. The van der Waals surface area contributed by atoms with E-state index in [1.54, 1.807) is 16.7 Å². The number of fused-ring (bicyclic) bond motifs is 2. The van der Waals surface area contributed by atoms with Crippen molar-refractivity contribution >= 4 is 17.1 Å². The summed E-state index contributed by atoms with van der Waals surface area (Å²) in [6, 6.07) is 57.1. The maximum Gasteiger partial charge on any atom is 0.0467 e. The summed E-state index contributed by atoms with van der Waals surface area (Å²) in [6.45, 7) is 7.52. The minimum atomic E-state index is -0.0704. The minimum absolute atomic E-state index is 0.0704. The summed E-state index contributed by atoms with van der Waals surface area (Å²) in [4.78, 5) is 2.51. The van der Waals surface area contributed by atoms with Gasteiger partial charge in [-0.05, 0) is 136 Å². The molecule has 4 aliphatic rings. The van der Waals surface area contributed by atoms with Gasteiger partial charge in [0.1, 0.15) is 0 Å². The van der Waals surface area contributed by atoms with Crippen molar-refractivity contribution in [1.82, 2.24) is 0 Å². The topological polar surface area (TPSA) is 3.24 Å². The van der Waals surface area contributed by atoms with E-state index < -0.39 is 0 Å². The summed E-state index contributed by atoms with van der Waals surface area (Å²) < 4.78 is 0. The first-order valence-electron chi connectivity index (χ1n) is 19.3. The zero-order valence-electron chi connectivity index (χ0n) is 30.1. The van der Waals surface area contributed by atoms with Crippen molar-refractivity contribution in [3.63, 3.8) is 0 Å². The highest BCUT2D eigenvalue weighted by Crippen LogP contribution is 2.75. The molecule has 0 aliphatic heterocycles. The quantitative estimate of drug-likeness (QED) is 0.178. The summed E-state index contributed by atoms with van der Waals surface area (Å²) in [7, 11) is 0. The number of rotatable bonds is 5. The molecule has 3 saturated carbocycles. The van der Waals surface area contributed by atoms with Crippen molar-refractivity contribution in [2.75, 3.05) is 4.90 Å². The van der Waals surface area contributed by atoms with Gasteiger partial charge in [-0.3, -0.25) is 0 Å². The van der Waals surface area contributed by atoms with E-state index in [1.807, 2.05) is 0 Å². The lowest BCUT2D eigenvalue weighted by atomic mass is 9.53. The molecule has 3 atom stereocenters. The van der Waals surface area contributed by atoms with Crippen LogP contribution >= 0.6 is 0 Å². The van der Waals surface area contributed by atoms with Crippen LogP contribution in [-0.2, 0) is 10.8 Å². The molecule has 252 valence electrons. The highest BCUT2D eigenvalue weighted by Gasteiger charge is 2.68. The Bertz CT molecular complexity index is 2210. The summed E-state index contributed by atoms with van der Waals surface area (Å²) in [5, 5.41) is 0. The van der Waals surface area contributed by atoms with Crippen molar-refractivity contribution < 1.29 is 0 Å². The first-order chi connectivity index (χ1) is 24.9. The second-order valence-electron chi connectivity index (χ2n) is 16.7. The fourth-order valence-electron chi connectivity index (χ4n) is 11.9. The van der Waals surface area contributed by atoms with Gasteiger partial charge < -0.3 is 4.90 Å². The molecular formula is C50H47N. The van der Waals surface area contributed by atoms with E-state index in [-0.39, 0.29) is 10.8 Å². The second-order valence-corrected chi connectivity index (χ2v) is 16.7. The Morgan fingerprint density at radius 1 is 0.471 bits per heavy atom. The lowest BCUT2D eigenvalue weighted by Gasteiger charge is -2.50. The Morgan fingerprint density at radius 3 is 1.71 bits per heavy atom. The van der Waals surface area contributed by atoms with E-state index in [1.165, 1.54) is 70.6 Å². The Hall–Kier alpha value is -4.88. The fraction of sp³-hybridized carbons (Fsp3) is 0.280. The van der Waals surface area contributed by atoms with Gasteiger partial charge >= 0.3 is 0 Å². The van der Waals surface area contributed by atoms with Crippen molar-refractivity contribution in [2.24, 2.45) is 23.7 Å². The van der Waals surface area contributed by atoms with Crippen molar-refractivity contribution in [3.05, 3.63) is 174 Å². The SMILES string of the molecule is CC1C[C@H]2CC3C[C@H](C1)C21c2ccccc2C(C)(C)c2ccc(N(c4ccc(-c5ccccc5)cc4)c4cccc(-c5ccccc5)c4)cc2C31. The van der Waals surface area contributed by atoms with Gasteiger partial charge in [0.05, 0.1) is 0 Å². The van der Waals surface area contributed by atoms with Gasteiger partial charge in [0.25, 0.3) is 0 Å². The van der Waals surface area contributed by atoms with Crippen LogP contribution in [0.1, 0.15) is 74.6 Å². The lowest BCUT2D eigenvalue weighted by molar-refractivity contribution is 0.0822. The molecule has 3 fully saturated rings. The Balaban J connectivity index is 1.17. The number of hydrogen-bond acceptors (Lipinski definition) is 1. The van der Waals surface area contributed by atoms with Crippen LogP contribution in [0.25, 0.3) is 22.3 Å². The van der Waals surface area contributed by atoms with Crippen LogP contribution in [0.2, 0.25) is 0 Å². The van der Waals surface area contributed by atoms with E-state index in [9.17, 15) is 0 Å². The van der Waals surface area contributed by atoms with Crippen LogP contribution in [0.5, 0.6) is 0 Å². The molecule has 6 aromatic carbocycles. The van der Waals surface area contributed by atoms with Gasteiger partial charge in [-0.2, -0.15) is 0 Å². The summed E-state index contributed by atoms with van der Waals surface area (Å²) in [6.07, 6.45) is 5.51. The molecule has 0 aromatic heterocycles. The predicted molar refractivity (Wildman–Crippen MR) is 213 cm³/mol. The van der Waals surface area contributed by atoms with Gasteiger partial charge in [0, 0.05) is 27.9 Å². The predicted octanol–water partition coefficient (Wildman–Crippen LogP) is 13.2. The van der Waals surface area contributed by atoms with Crippen LogP contribution in [0.3, 0.4) is 0 Å². The number of benzene rings is 6. The smallest absolute Gasteiger partial charge is 0.0467 e. The maximum absolute atomic E-state index is 2.64. The average molecular weight is 662 g/mol. The molecule has 0 N–H and O–H groups in total. The van der Waals surface area contributed by atoms with Crippen LogP contribution in [0.15, 0.2) is 152 Å². The normalized spacial score (nSPS) is 26.5. The number of nitrogens with zero attached hydrogens (tertiary/aromatic N) is 1. The van der Waals surface area contributed by atoms with E-state index in [0.717, 1.165) is 23.7 Å². The van der Waals surface area contributed by atoms with Gasteiger partial charge in [-0.25, -0.2) is 0 Å². The molecule has 1 heteroatoms. The zero-order chi connectivity index (χ0) is 34.3. The van der Waals surface area contributed by atoms with Crippen LogP contribution in [0, 0.1) is 23.7 Å². The largest absolute Gasteiger partial charge is 0.310 e. The molecule has 0 saturated heterocycles. The molecule has 0 heterocycles. The highest BCUT2D eigenvalue weighted by molar-refractivity contribution is 5.82. The average Bonchev–Trinajstić information content (AvgIpc) is 3.65. The molecule has 6 aromatic rings. The molecule has 2 bridgehead atoms. The zero-order valence-corrected chi connectivity index (χ0v) is 30.1. The first-order valence-corrected chi connectivity index (χ1v) is 19.3. The molecule has 1 spiro atoms. The summed E-state index contributed by atoms with van der Waals surface area (Å²) in [5.41, 5.74) is 15.2. The molecular weight excluding hydrogens is 615 g/mol. The number of anilines is 3. The maximum atomic E-state index is 2.64. The molecule has 1 unspecified atom stereocenters. The van der Waals surface area contributed by atoms with Crippen molar-refractivity contribution in [2.45, 2.75) is 63.2 Å². The van der Waals surface area contributed by atoms with E-state index in [2.05, 4.69) is 177 Å². The second kappa shape index (κ2) is 11.6. The van der Waals surface area contributed by atoms with Gasteiger partial charge in [0.15, 0.2) is 0 Å². The van der Waals surface area contributed by atoms with Crippen LogP contribution < -0.4 is 4.90 Å². The van der Waals surface area contributed by atoms with E-state index in [4.69, 9.17) is 0 Å². The minimum Gasteiger partial charge on any atom is -0.310 e. The third-order valence-electron chi connectivity index (χ3n) is 13.7. The molecule has 10 rings (SSSR count). The van der Waals surface area contributed by atoms with Gasteiger partial charge in [-0.15, -0.1) is 0 Å². The van der Waals surface area contributed by atoms with Gasteiger partial charge in [0.2, 0.25) is 0 Å². The third-order valence-corrected chi connectivity index (χ3v) is 13.7. The first kappa shape index (κ1) is 30.9. The van der Waals surface area contributed by atoms with Crippen LogP contribution in [-0.4, -0.2) is 0 Å². The fourth-order valence-corrected chi connectivity index (χ4v) is 11.9. The molecule has 1 nitrogen and oxygen atoms in total. The van der Waals surface area contributed by atoms with E-state index in [0.29, 0.717) is 5.92 Å². The Labute approximate surface area is 304 Å². The van der Waals surface area contributed by atoms with Crippen molar-refractivity contribution in [1.29, 1.82) is 0 Å². The number of hydrogen-bond donors (Lipinski definition) is 0. The van der Waals surface area contributed by atoms with Gasteiger partial charge in [-0.1, -0.05) is 136 Å².